The number of rotatable bonds is 0. The van der Waals surface area contributed by atoms with E-state index in [2.05, 4.69) is 0 Å². The molecule has 3 rings (SSSR count). The molecule has 3 heterocycles. The molecule has 3 fully saturated rings. The van der Waals surface area contributed by atoms with Crippen molar-refractivity contribution in [3.05, 3.63) is 0 Å². The first-order valence-corrected chi connectivity index (χ1v) is 5.02. The van der Waals surface area contributed by atoms with E-state index in [9.17, 15) is 9.59 Å². The van der Waals surface area contributed by atoms with Crippen LogP contribution in [0.3, 0.4) is 0 Å². The molecule has 0 N–H and O–H groups in total. The monoisotopic (exact) mass is 212 g/mol. The van der Waals surface area contributed by atoms with Crippen LogP contribution >= 0.6 is 0 Å². The molecule has 6 heteroatoms. The Morgan fingerprint density at radius 2 is 2.00 bits per heavy atom. The van der Waals surface area contributed by atoms with Gasteiger partial charge in [-0.1, -0.05) is 0 Å². The molecular formula is C9H12N2O4. The van der Waals surface area contributed by atoms with Crippen molar-refractivity contribution in [1.82, 2.24) is 9.80 Å². The molecule has 82 valence electrons. The predicted octanol–water partition coefficient (Wildman–Crippen LogP) is -0.952. The second-order valence-corrected chi connectivity index (χ2v) is 4.12. The Balaban J connectivity index is 1.91. The Bertz CT molecular complexity index is 319. The number of amides is 1. The third-order valence-corrected chi connectivity index (χ3v) is 3.20. The number of fused-ring (bicyclic) bond motifs is 3. The molecule has 0 aliphatic carbocycles. The zero-order valence-electron chi connectivity index (χ0n) is 8.22. The number of nitrogens with zero attached hydrogens (tertiary/aromatic N) is 2. The normalized spacial score (nSPS) is 36.1. The summed E-state index contributed by atoms with van der Waals surface area (Å²) in [5.74, 6) is 0.0480. The summed E-state index contributed by atoms with van der Waals surface area (Å²) in [4.78, 5) is 26.5. The van der Waals surface area contributed by atoms with E-state index in [1.165, 1.54) is 4.90 Å². The van der Waals surface area contributed by atoms with Gasteiger partial charge in [-0.2, -0.15) is 0 Å². The van der Waals surface area contributed by atoms with Gasteiger partial charge in [0.2, 0.25) is 0 Å². The van der Waals surface area contributed by atoms with Gasteiger partial charge in [-0.05, 0) is 0 Å². The summed E-state index contributed by atoms with van der Waals surface area (Å²) in [6.45, 7) is 1.98. The quantitative estimate of drug-likeness (QED) is 0.518. The summed E-state index contributed by atoms with van der Waals surface area (Å²) in [5, 5.41) is 0. The smallest absolute Gasteiger partial charge is 0.410 e. The zero-order chi connectivity index (χ0) is 10.4. The van der Waals surface area contributed by atoms with Crippen LogP contribution in [-0.4, -0.2) is 66.8 Å². The standard InChI is InChI=1S/C9H12N2O4/c12-6-1-10-5-14-3-7(10)8-4-15-9(13)11(8)2-6/h7-8H,1-5H2/t7-,8-/m1/s1. The molecule has 0 saturated carbocycles. The number of ketones is 1. The third kappa shape index (κ3) is 1.32. The summed E-state index contributed by atoms with van der Waals surface area (Å²) in [6, 6.07) is 0.0920. The van der Waals surface area contributed by atoms with Crippen LogP contribution in [0.1, 0.15) is 0 Å². The Kier molecular flexibility index (Phi) is 1.93. The van der Waals surface area contributed by atoms with E-state index in [4.69, 9.17) is 9.47 Å². The van der Waals surface area contributed by atoms with Crippen molar-refractivity contribution in [2.75, 3.05) is 33.0 Å². The van der Waals surface area contributed by atoms with Gasteiger partial charge in [0.1, 0.15) is 6.61 Å². The molecule has 0 aromatic rings. The number of hydrogen-bond donors (Lipinski definition) is 0. The van der Waals surface area contributed by atoms with Crippen molar-refractivity contribution in [2.45, 2.75) is 12.1 Å². The third-order valence-electron chi connectivity index (χ3n) is 3.20. The van der Waals surface area contributed by atoms with E-state index in [1.54, 1.807) is 0 Å². The summed E-state index contributed by atoms with van der Waals surface area (Å²) >= 11 is 0. The van der Waals surface area contributed by atoms with Crippen molar-refractivity contribution in [2.24, 2.45) is 0 Å². The average Bonchev–Trinajstić information content (AvgIpc) is 2.73. The molecular weight excluding hydrogens is 200 g/mol. The second kappa shape index (κ2) is 3.18. The molecule has 0 aromatic carbocycles. The van der Waals surface area contributed by atoms with Crippen LogP contribution in [0.4, 0.5) is 4.79 Å². The maximum Gasteiger partial charge on any atom is 0.410 e. The maximum atomic E-state index is 11.6. The van der Waals surface area contributed by atoms with E-state index in [0.717, 1.165) is 0 Å². The number of carbonyl (C=O) groups is 2. The second-order valence-electron chi connectivity index (χ2n) is 4.12. The molecule has 0 aromatic heterocycles. The lowest BCUT2D eigenvalue weighted by Crippen LogP contribution is -2.46. The molecule has 6 nitrogen and oxygen atoms in total. The van der Waals surface area contributed by atoms with Gasteiger partial charge in [0.15, 0.2) is 5.78 Å². The Hall–Kier alpha value is -1.14. The highest BCUT2D eigenvalue weighted by Gasteiger charge is 2.46. The van der Waals surface area contributed by atoms with Crippen molar-refractivity contribution >= 4 is 11.9 Å². The maximum absolute atomic E-state index is 11.6. The van der Waals surface area contributed by atoms with Crippen molar-refractivity contribution in [1.29, 1.82) is 0 Å². The number of cyclic esters (lactones) is 1. The van der Waals surface area contributed by atoms with Gasteiger partial charge >= 0.3 is 6.09 Å². The molecule has 3 saturated heterocycles. The van der Waals surface area contributed by atoms with Gasteiger partial charge in [0.05, 0.1) is 38.5 Å². The van der Waals surface area contributed by atoms with Crippen molar-refractivity contribution < 1.29 is 19.1 Å². The average molecular weight is 212 g/mol. The molecule has 15 heavy (non-hydrogen) atoms. The van der Waals surface area contributed by atoms with Gasteiger partial charge in [0, 0.05) is 0 Å². The molecule has 1 amide bonds. The van der Waals surface area contributed by atoms with E-state index in [-0.39, 0.29) is 30.5 Å². The Morgan fingerprint density at radius 1 is 1.13 bits per heavy atom. The van der Waals surface area contributed by atoms with Crippen LogP contribution < -0.4 is 0 Å². The molecule has 2 atom stereocenters. The first-order valence-electron chi connectivity index (χ1n) is 5.02. The minimum atomic E-state index is -0.373. The largest absolute Gasteiger partial charge is 0.447 e. The lowest BCUT2D eigenvalue weighted by Gasteiger charge is -2.25. The Labute approximate surface area is 86.7 Å². The van der Waals surface area contributed by atoms with Crippen molar-refractivity contribution in [3.63, 3.8) is 0 Å². The fourth-order valence-electron chi connectivity index (χ4n) is 2.44. The molecule has 0 unspecified atom stereocenters. The number of hydrogen-bond acceptors (Lipinski definition) is 5. The van der Waals surface area contributed by atoms with Crippen LogP contribution in [0.2, 0.25) is 0 Å². The van der Waals surface area contributed by atoms with E-state index in [0.29, 0.717) is 26.5 Å². The first kappa shape index (κ1) is 9.11. The summed E-state index contributed by atoms with van der Waals surface area (Å²) in [6.07, 6.45) is -0.373. The highest BCUT2D eigenvalue weighted by molar-refractivity contribution is 5.87. The van der Waals surface area contributed by atoms with Crippen LogP contribution in [-0.2, 0) is 14.3 Å². The molecule has 0 spiro atoms. The topological polar surface area (TPSA) is 59.1 Å². The predicted molar refractivity (Wildman–Crippen MR) is 48.2 cm³/mol. The minimum absolute atomic E-state index is 0.0218. The number of ether oxygens (including phenoxy) is 2. The highest BCUT2D eigenvalue weighted by atomic mass is 16.6. The lowest BCUT2D eigenvalue weighted by atomic mass is 10.1. The lowest BCUT2D eigenvalue weighted by molar-refractivity contribution is -0.120. The van der Waals surface area contributed by atoms with Crippen LogP contribution in [0.15, 0.2) is 0 Å². The van der Waals surface area contributed by atoms with E-state index < -0.39 is 0 Å². The number of carbonyl (C=O) groups excluding carboxylic acids is 2. The molecule has 3 aliphatic heterocycles. The summed E-state index contributed by atoms with van der Waals surface area (Å²) in [5.41, 5.74) is 0. The highest BCUT2D eigenvalue weighted by Crippen LogP contribution is 2.25. The summed E-state index contributed by atoms with van der Waals surface area (Å²) in [7, 11) is 0. The van der Waals surface area contributed by atoms with Gasteiger partial charge < -0.3 is 9.47 Å². The van der Waals surface area contributed by atoms with Crippen molar-refractivity contribution in [3.8, 4) is 0 Å². The van der Waals surface area contributed by atoms with Crippen LogP contribution in [0.25, 0.3) is 0 Å². The SMILES string of the molecule is O=C1CN2COC[C@@H]2[C@H]2COC(=O)N2C1. The van der Waals surface area contributed by atoms with Gasteiger partial charge in [0.25, 0.3) is 0 Å². The van der Waals surface area contributed by atoms with Gasteiger partial charge in [-0.3, -0.25) is 14.6 Å². The van der Waals surface area contributed by atoms with Crippen LogP contribution in [0.5, 0.6) is 0 Å². The van der Waals surface area contributed by atoms with Gasteiger partial charge in [-0.25, -0.2) is 4.79 Å². The molecule has 0 radical (unpaired) electrons. The fraction of sp³-hybridized carbons (Fsp3) is 0.778. The van der Waals surface area contributed by atoms with E-state index in [1.807, 2.05) is 4.90 Å². The minimum Gasteiger partial charge on any atom is -0.447 e. The molecule has 3 aliphatic rings. The van der Waals surface area contributed by atoms with Gasteiger partial charge in [-0.15, -0.1) is 0 Å². The van der Waals surface area contributed by atoms with E-state index >= 15 is 0 Å². The zero-order valence-corrected chi connectivity index (χ0v) is 8.22. The summed E-state index contributed by atoms with van der Waals surface area (Å²) < 4.78 is 10.3. The fourth-order valence-corrected chi connectivity index (χ4v) is 2.44. The molecule has 0 bridgehead atoms. The Morgan fingerprint density at radius 3 is 2.87 bits per heavy atom. The first-order chi connectivity index (χ1) is 7.25. The van der Waals surface area contributed by atoms with Crippen LogP contribution in [0, 0.1) is 0 Å². The number of Topliss-reactive ketones (excluding diaryl/α,β-unsaturated/α-hetero) is 1.